The van der Waals surface area contributed by atoms with Crippen LogP contribution in [0.5, 0.6) is 5.75 Å². The number of hydrogen-bond acceptors (Lipinski definition) is 4. The maximum atomic E-state index is 14.4. The first-order valence-corrected chi connectivity index (χ1v) is 12.5. The predicted molar refractivity (Wildman–Crippen MR) is 138 cm³/mol. The second-order valence-electron chi connectivity index (χ2n) is 9.34. The largest absolute Gasteiger partial charge is 0.491 e. The summed E-state index contributed by atoms with van der Waals surface area (Å²) in [7, 11) is 0. The molecular formula is C29H30F4N2O3. The Bertz CT molecular complexity index is 1290. The minimum absolute atomic E-state index is 0.113. The van der Waals surface area contributed by atoms with Gasteiger partial charge in [-0.05, 0) is 72.7 Å². The Kier molecular flexibility index (Phi) is 8.44. The predicted octanol–water partition coefficient (Wildman–Crippen LogP) is 6.61. The molecule has 4 rings (SSSR count). The Morgan fingerprint density at radius 1 is 1.11 bits per heavy atom. The molecule has 5 nitrogen and oxygen atoms in total. The van der Waals surface area contributed by atoms with E-state index in [9.17, 15) is 22.4 Å². The van der Waals surface area contributed by atoms with E-state index in [4.69, 9.17) is 9.84 Å². The van der Waals surface area contributed by atoms with Crippen LogP contribution in [-0.2, 0) is 30.4 Å². The number of rotatable bonds is 10. The molecule has 0 atom stereocenters. The van der Waals surface area contributed by atoms with Crippen molar-refractivity contribution in [1.82, 2.24) is 0 Å². The zero-order valence-electron chi connectivity index (χ0n) is 21.1. The molecule has 1 aliphatic rings. The number of carboxylic acid groups (broad SMARTS) is 1. The summed E-state index contributed by atoms with van der Waals surface area (Å²) >= 11 is 0. The first kappa shape index (κ1) is 27.3. The lowest BCUT2D eigenvalue weighted by Gasteiger charge is -2.34. The standard InChI is InChI=1S/C29H30F4N2O3/c1-19-22(18-34-23-12-10-20(25(30)17-23)11-13-27(36)37)9-8-21-5-4-14-35(28(19)21)15-16-38-26-7-3-2-6-24(26)29(31,32)33/h2-3,6-10,12,17,34H,4-5,11,13-16,18H2,1H3,(H,36,37). The summed E-state index contributed by atoms with van der Waals surface area (Å²) in [6.07, 6.45) is -2.62. The first-order valence-electron chi connectivity index (χ1n) is 12.5. The lowest BCUT2D eigenvalue weighted by molar-refractivity contribution is -0.139. The number of carbonyl (C=O) groups is 1. The van der Waals surface area contributed by atoms with Gasteiger partial charge in [0.15, 0.2) is 0 Å². The molecule has 38 heavy (non-hydrogen) atoms. The average molecular weight is 531 g/mol. The summed E-state index contributed by atoms with van der Waals surface area (Å²) < 4.78 is 59.8. The Morgan fingerprint density at radius 3 is 2.61 bits per heavy atom. The number of halogens is 4. The van der Waals surface area contributed by atoms with Gasteiger partial charge in [0.2, 0.25) is 0 Å². The highest BCUT2D eigenvalue weighted by molar-refractivity contribution is 5.67. The van der Waals surface area contributed by atoms with Crippen LogP contribution in [0.25, 0.3) is 0 Å². The molecule has 1 aliphatic heterocycles. The van der Waals surface area contributed by atoms with Crippen LogP contribution in [0.2, 0.25) is 0 Å². The third kappa shape index (κ3) is 6.57. The van der Waals surface area contributed by atoms with Crippen LogP contribution in [0, 0.1) is 12.7 Å². The van der Waals surface area contributed by atoms with Crippen LogP contribution in [-0.4, -0.2) is 30.8 Å². The van der Waals surface area contributed by atoms with Crippen molar-refractivity contribution in [2.75, 3.05) is 29.9 Å². The molecule has 9 heteroatoms. The highest BCUT2D eigenvalue weighted by Crippen LogP contribution is 2.36. The fourth-order valence-corrected chi connectivity index (χ4v) is 4.82. The number of para-hydroxylation sites is 1. The van der Waals surface area contributed by atoms with Crippen LogP contribution in [0.15, 0.2) is 54.6 Å². The molecule has 3 aromatic rings. The fourth-order valence-electron chi connectivity index (χ4n) is 4.82. The van der Waals surface area contributed by atoms with Gasteiger partial charge in [0.05, 0.1) is 12.1 Å². The highest BCUT2D eigenvalue weighted by atomic mass is 19.4. The van der Waals surface area contributed by atoms with Gasteiger partial charge in [-0.25, -0.2) is 4.39 Å². The van der Waals surface area contributed by atoms with E-state index in [0.29, 0.717) is 24.3 Å². The molecule has 0 amide bonds. The number of aliphatic carboxylic acids is 1. The summed E-state index contributed by atoms with van der Waals surface area (Å²) in [6, 6.07) is 14.0. The molecule has 202 valence electrons. The molecule has 0 aromatic heterocycles. The van der Waals surface area contributed by atoms with E-state index < -0.39 is 23.5 Å². The van der Waals surface area contributed by atoms with Crippen molar-refractivity contribution in [2.45, 2.75) is 45.3 Å². The number of nitrogens with zero attached hydrogens (tertiary/aromatic N) is 1. The number of alkyl halides is 3. The fraction of sp³-hybridized carbons (Fsp3) is 0.345. The topological polar surface area (TPSA) is 61.8 Å². The van der Waals surface area contributed by atoms with Crippen molar-refractivity contribution in [3.63, 3.8) is 0 Å². The van der Waals surface area contributed by atoms with E-state index in [-0.39, 0.29) is 25.2 Å². The van der Waals surface area contributed by atoms with Gasteiger partial charge in [0.1, 0.15) is 18.2 Å². The van der Waals surface area contributed by atoms with Gasteiger partial charge in [-0.1, -0.05) is 30.3 Å². The number of aryl methyl sites for hydroxylation is 2. The maximum Gasteiger partial charge on any atom is 0.419 e. The van der Waals surface area contributed by atoms with Gasteiger partial charge in [-0.3, -0.25) is 4.79 Å². The normalized spacial score (nSPS) is 13.2. The summed E-state index contributed by atoms with van der Waals surface area (Å²) in [4.78, 5) is 12.9. The van der Waals surface area contributed by atoms with Crippen LogP contribution in [0.1, 0.15) is 40.7 Å². The van der Waals surface area contributed by atoms with Gasteiger partial charge in [0, 0.05) is 30.9 Å². The van der Waals surface area contributed by atoms with Crippen molar-refractivity contribution in [2.24, 2.45) is 0 Å². The van der Waals surface area contributed by atoms with Gasteiger partial charge in [-0.15, -0.1) is 0 Å². The molecule has 0 spiro atoms. The van der Waals surface area contributed by atoms with Gasteiger partial charge < -0.3 is 20.1 Å². The first-order chi connectivity index (χ1) is 18.1. The molecule has 0 aliphatic carbocycles. The molecule has 0 saturated heterocycles. The summed E-state index contributed by atoms with van der Waals surface area (Å²) in [5.74, 6) is -1.59. The molecule has 3 aromatic carbocycles. The molecule has 1 heterocycles. The summed E-state index contributed by atoms with van der Waals surface area (Å²) in [6.45, 7) is 3.81. The van der Waals surface area contributed by atoms with Crippen molar-refractivity contribution in [3.8, 4) is 5.75 Å². The van der Waals surface area contributed by atoms with E-state index in [2.05, 4.69) is 16.3 Å². The number of ether oxygens (including phenoxy) is 1. The number of anilines is 2. The lowest BCUT2D eigenvalue weighted by Crippen LogP contribution is -2.34. The third-order valence-electron chi connectivity index (χ3n) is 6.77. The van der Waals surface area contributed by atoms with E-state index in [1.165, 1.54) is 29.8 Å². The number of benzene rings is 3. The number of hydrogen-bond donors (Lipinski definition) is 2. The SMILES string of the molecule is Cc1c(CNc2ccc(CCC(=O)O)c(F)c2)ccc2c1N(CCOc1ccccc1C(F)(F)F)CCC2. The summed E-state index contributed by atoms with van der Waals surface area (Å²) in [5, 5.41) is 12.0. The monoisotopic (exact) mass is 530 g/mol. The van der Waals surface area contributed by atoms with Gasteiger partial charge in [0.25, 0.3) is 0 Å². The highest BCUT2D eigenvalue weighted by Gasteiger charge is 2.34. The Hall–Kier alpha value is -3.75. The second kappa shape index (κ2) is 11.8. The smallest absolute Gasteiger partial charge is 0.419 e. The van der Waals surface area contributed by atoms with Crippen LogP contribution in [0.4, 0.5) is 28.9 Å². The van der Waals surface area contributed by atoms with E-state index in [1.807, 2.05) is 13.0 Å². The molecule has 0 unspecified atom stereocenters. The Morgan fingerprint density at radius 2 is 1.87 bits per heavy atom. The molecule has 0 saturated carbocycles. The Balaban J connectivity index is 1.43. The van der Waals surface area contributed by atoms with E-state index in [0.717, 1.165) is 42.3 Å². The zero-order chi connectivity index (χ0) is 27.3. The maximum absolute atomic E-state index is 14.4. The van der Waals surface area contributed by atoms with Crippen molar-refractivity contribution >= 4 is 17.3 Å². The number of carboxylic acids is 1. The van der Waals surface area contributed by atoms with Crippen molar-refractivity contribution in [3.05, 3.63) is 88.2 Å². The molecule has 0 bridgehead atoms. The van der Waals surface area contributed by atoms with E-state index >= 15 is 0 Å². The van der Waals surface area contributed by atoms with Gasteiger partial charge in [-0.2, -0.15) is 13.2 Å². The lowest BCUT2D eigenvalue weighted by atomic mass is 9.94. The minimum atomic E-state index is -4.48. The molecule has 2 N–H and O–H groups in total. The quantitative estimate of drug-likeness (QED) is 0.289. The summed E-state index contributed by atoms with van der Waals surface area (Å²) in [5.41, 5.74) is 4.50. The third-order valence-corrected chi connectivity index (χ3v) is 6.77. The average Bonchev–Trinajstić information content (AvgIpc) is 2.87. The number of nitrogens with one attached hydrogen (secondary N) is 1. The van der Waals surface area contributed by atoms with Gasteiger partial charge >= 0.3 is 12.1 Å². The molecule has 0 radical (unpaired) electrons. The van der Waals surface area contributed by atoms with Crippen molar-refractivity contribution < 1.29 is 32.2 Å². The number of fused-ring (bicyclic) bond motifs is 1. The minimum Gasteiger partial charge on any atom is -0.491 e. The van der Waals surface area contributed by atoms with Crippen LogP contribution < -0.4 is 15.0 Å². The van der Waals surface area contributed by atoms with Crippen LogP contribution >= 0.6 is 0 Å². The molecule has 0 fully saturated rings. The Labute approximate surface area is 219 Å². The van der Waals surface area contributed by atoms with E-state index in [1.54, 1.807) is 12.1 Å². The van der Waals surface area contributed by atoms with Crippen molar-refractivity contribution in [1.29, 1.82) is 0 Å². The zero-order valence-corrected chi connectivity index (χ0v) is 21.1. The molecular weight excluding hydrogens is 500 g/mol. The van der Waals surface area contributed by atoms with Crippen LogP contribution in [0.3, 0.4) is 0 Å². The second-order valence-corrected chi connectivity index (χ2v) is 9.34.